The second-order valence-corrected chi connectivity index (χ2v) is 8.01. The van der Waals surface area contributed by atoms with Gasteiger partial charge < -0.3 is 20.1 Å². The summed E-state index contributed by atoms with van der Waals surface area (Å²) in [5.41, 5.74) is 0. The number of nitrogens with zero attached hydrogens (tertiary/aromatic N) is 1. The summed E-state index contributed by atoms with van der Waals surface area (Å²) in [6.45, 7) is 1.63. The lowest BCUT2D eigenvalue weighted by molar-refractivity contribution is -0.217. The predicted molar refractivity (Wildman–Crippen MR) is 83.0 cm³/mol. The van der Waals surface area contributed by atoms with Gasteiger partial charge in [0.2, 0.25) is 0 Å². The molecule has 1 saturated heterocycles. The highest BCUT2D eigenvalue weighted by Gasteiger charge is 2.41. The normalized spacial score (nSPS) is 34.9. The molecule has 1 aliphatic heterocycles. The van der Waals surface area contributed by atoms with E-state index >= 15 is 0 Å². The Bertz CT molecular complexity index is 599. The second kappa shape index (κ2) is 7.06. The Kier molecular flexibility index (Phi) is 5.57. The van der Waals surface area contributed by atoms with E-state index in [1.807, 2.05) is 6.07 Å². The molecule has 1 fully saturated rings. The van der Waals surface area contributed by atoms with Gasteiger partial charge in [0.25, 0.3) is 0 Å². The molecule has 0 aromatic heterocycles. The van der Waals surface area contributed by atoms with Crippen molar-refractivity contribution in [3.8, 4) is 0 Å². The lowest BCUT2D eigenvalue weighted by Crippen LogP contribution is -2.56. The van der Waals surface area contributed by atoms with Gasteiger partial charge in [-0.15, -0.1) is 0 Å². The summed E-state index contributed by atoms with van der Waals surface area (Å²) >= 11 is 0. The van der Waals surface area contributed by atoms with Gasteiger partial charge in [0.1, 0.15) is 18.3 Å². The molecule has 7 heteroatoms. The highest BCUT2D eigenvalue weighted by atomic mass is 32.2. The van der Waals surface area contributed by atoms with Crippen LogP contribution >= 0.6 is 0 Å². The third-order valence-electron chi connectivity index (χ3n) is 4.04. The minimum atomic E-state index is -2.59. The molecule has 3 N–H and O–H groups in total. The van der Waals surface area contributed by atoms with Gasteiger partial charge in [-0.1, -0.05) is 18.2 Å². The van der Waals surface area contributed by atoms with Gasteiger partial charge >= 0.3 is 0 Å². The standard InChI is InChI=1S/C15H23NO5S/c1-10-13(17)15(19)14(18)12(21-10)8-9-22(20,16-2)11-6-4-3-5-7-11/h3-7,10,12-15,17-19H,8-9H2,1-2H3/t10?,12-,13-,14-,15-,22?/m1/s1. The maximum absolute atomic E-state index is 12.9. The molecule has 2 rings (SSSR count). The second-order valence-electron chi connectivity index (χ2n) is 5.48. The summed E-state index contributed by atoms with van der Waals surface area (Å²) in [6.07, 6.45) is -4.59. The summed E-state index contributed by atoms with van der Waals surface area (Å²) in [7, 11) is -1.08. The monoisotopic (exact) mass is 329 g/mol. The van der Waals surface area contributed by atoms with Crippen LogP contribution in [0.3, 0.4) is 0 Å². The van der Waals surface area contributed by atoms with Crippen LogP contribution in [0.2, 0.25) is 0 Å². The van der Waals surface area contributed by atoms with Gasteiger partial charge in [0.05, 0.1) is 21.9 Å². The van der Waals surface area contributed by atoms with Crippen LogP contribution in [-0.4, -0.2) is 62.8 Å². The van der Waals surface area contributed by atoms with E-state index < -0.39 is 40.2 Å². The highest BCUT2D eigenvalue weighted by molar-refractivity contribution is 7.93. The molecule has 22 heavy (non-hydrogen) atoms. The van der Waals surface area contributed by atoms with Crippen LogP contribution in [0.25, 0.3) is 0 Å². The van der Waals surface area contributed by atoms with E-state index in [1.54, 1.807) is 31.2 Å². The van der Waals surface area contributed by atoms with Crippen LogP contribution in [0.1, 0.15) is 13.3 Å². The Morgan fingerprint density at radius 1 is 1.14 bits per heavy atom. The maximum Gasteiger partial charge on any atom is 0.111 e. The van der Waals surface area contributed by atoms with Crippen molar-refractivity contribution in [2.24, 2.45) is 4.36 Å². The first-order valence-electron chi connectivity index (χ1n) is 7.26. The number of aliphatic hydroxyl groups excluding tert-OH is 3. The van der Waals surface area contributed by atoms with Crippen molar-refractivity contribution in [2.75, 3.05) is 12.8 Å². The molecule has 124 valence electrons. The number of benzene rings is 1. The number of hydrogen-bond donors (Lipinski definition) is 3. The molecule has 1 aromatic rings. The maximum atomic E-state index is 12.9. The van der Waals surface area contributed by atoms with Crippen LogP contribution < -0.4 is 0 Å². The predicted octanol–water partition coefficient (Wildman–Crippen LogP) is 0.403. The van der Waals surface area contributed by atoms with Gasteiger partial charge in [-0.3, -0.25) is 0 Å². The average molecular weight is 329 g/mol. The minimum Gasteiger partial charge on any atom is -0.388 e. The molecule has 0 bridgehead atoms. The third-order valence-corrected chi connectivity index (χ3v) is 6.42. The number of hydrogen-bond acceptors (Lipinski definition) is 6. The van der Waals surface area contributed by atoms with Gasteiger partial charge in [0.15, 0.2) is 0 Å². The van der Waals surface area contributed by atoms with Crippen LogP contribution in [0, 0.1) is 0 Å². The fourth-order valence-corrected chi connectivity index (χ4v) is 4.36. The summed E-state index contributed by atoms with van der Waals surface area (Å²) in [4.78, 5) is 0.636. The van der Waals surface area contributed by atoms with Gasteiger partial charge in [-0.05, 0) is 25.5 Å². The topological polar surface area (TPSA) is 99.4 Å². The Morgan fingerprint density at radius 2 is 1.77 bits per heavy atom. The molecule has 1 heterocycles. The lowest BCUT2D eigenvalue weighted by atomic mass is 9.94. The first-order chi connectivity index (χ1) is 10.4. The first-order valence-corrected chi connectivity index (χ1v) is 8.95. The zero-order chi connectivity index (χ0) is 16.3. The molecular formula is C15H23NO5S. The van der Waals surface area contributed by atoms with E-state index in [0.29, 0.717) is 4.90 Å². The molecule has 6 nitrogen and oxygen atoms in total. The Hall–Kier alpha value is -0.990. The van der Waals surface area contributed by atoms with Crippen molar-refractivity contribution in [1.29, 1.82) is 0 Å². The molecule has 0 amide bonds. The summed E-state index contributed by atoms with van der Waals surface area (Å²) < 4.78 is 22.5. The van der Waals surface area contributed by atoms with E-state index in [1.165, 1.54) is 7.05 Å². The van der Waals surface area contributed by atoms with Crippen LogP contribution in [-0.2, 0) is 14.5 Å². The Balaban J connectivity index is 2.10. The van der Waals surface area contributed by atoms with E-state index in [4.69, 9.17) is 4.74 Å². The van der Waals surface area contributed by atoms with E-state index in [2.05, 4.69) is 4.36 Å². The average Bonchev–Trinajstić information content (AvgIpc) is 2.55. The molecule has 2 unspecified atom stereocenters. The molecule has 0 spiro atoms. The fourth-order valence-electron chi connectivity index (χ4n) is 2.60. The van der Waals surface area contributed by atoms with Crippen LogP contribution in [0.5, 0.6) is 0 Å². The zero-order valence-corrected chi connectivity index (χ0v) is 13.5. The number of ether oxygens (including phenoxy) is 1. The Labute approximate surface area is 130 Å². The van der Waals surface area contributed by atoms with E-state index in [9.17, 15) is 19.5 Å². The summed E-state index contributed by atoms with van der Waals surface area (Å²) in [5, 5.41) is 29.5. The number of rotatable bonds is 4. The van der Waals surface area contributed by atoms with Crippen LogP contribution in [0.15, 0.2) is 39.6 Å². The van der Waals surface area contributed by atoms with Crippen molar-refractivity contribution < 1.29 is 24.3 Å². The Morgan fingerprint density at radius 3 is 2.36 bits per heavy atom. The molecule has 6 atom stereocenters. The van der Waals surface area contributed by atoms with Crippen LogP contribution in [0.4, 0.5) is 0 Å². The quantitative estimate of drug-likeness (QED) is 0.743. The smallest absolute Gasteiger partial charge is 0.111 e. The molecule has 0 aliphatic carbocycles. The fraction of sp³-hybridized carbons (Fsp3) is 0.600. The lowest BCUT2D eigenvalue weighted by Gasteiger charge is -2.39. The van der Waals surface area contributed by atoms with Crippen molar-refractivity contribution in [3.05, 3.63) is 30.3 Å². The third kappa shape index (κ3) is 3.49. The SMILES string of the molecule is CN=S(=O)(CC[C@H]1OC(C)[C@@H](O)[C@@H](O)[C@@H]1O)c1ccccc1. The van der Waals surface area contributed by atoms with Crippen molar-refractivity contribution in [1.82, 2.24) is 0 Å². The van der Waals surface area contributed by atoms with Crippen molar-refractivity contribution in [3.63, 3.8) is 0 Å². The first kappa shape index (κ1) is 17.4. The van der Waals surface area contributed by atoms with E-state index in [0.717, 1.165) is 0 Å². The van der Waals surface area contributed by atoms with Gasteiger partial charge in [-0.25, -0.2) is 8.57 Å². The van der Waals surface area contributed by atoms with E-state index in [-0.39, 0.29) is 12.2 Å². The van der Waals surface area contributed by atoms with Crippen molar-refractivity contribution >= 4 is 9.73 Å². The molecule has 1 aliphatic rings. The summed E-state index contributed by atoms with van der Waals surface area (Å²) in [6, 6.07) is 8.96. The summed E-state index contributed by atoms with van der Waals surface area (Å²) in [5.74, 6) is 0.213. The largest absolute Gasteiger partial charge is 0.388 e. The van der Waals surface area contributed by atoms with Gasteiger partial charge in [0, 0.05) is 17.7 Å². The van der Waals surface area contributed by atoms with Gasteiger partial charge in [-0.2, -0.15) is 0 Å². The molecule has 0 radical (unpaired) electrons. The highest BCUT2D eigenvalue weighted by Crippen LogP contribution is 2.25. The van der Waals surface area contributed by atoms with Crippen molar-refractivity contribution in [2.45, 2.75) is 48.8 Å². The zero-order valence-electron chi connectivity index (χ0n) is 12.7. The molecule has 0 saturated carbocycles. The molecule has 1 aromatic carbocycles. The number of aliphatic hydroxyl groups is 3. The molecular weight excluding hydrogens is 306 g/mol. The minimum absolute atomic E-state index is 0.213.